The van der Waals surface area contributed by atoms with Gasteiger partial charge in [0.2, 0.25) is 11.8 Å². The minimum absolute atomic E-state index is 0.00570. The van der Waals surface area contributed by atoms with Crippen LogP contribution in [0.4, 0.5) is 20.2 Å². The number of carbonyl (C=O) groups is 2. The molecule has 1 aromatic rings. The summed E-state index contributed by atoms with van der Waals surface area (Å²) in [7, 11) is 3.65. The van der Waals surface area contributed by atoms with Crippen molar-refractivity contribution >= 4 is 23.2 Å². The van der Waals surface area contributed by atoms with Gasteiger partial charge < -0.3 is 31.5 Å². The number of anilines is 2. The lowest BCUT2D eigenvalue weighted by Crippen LogP contribution is -2.64. The van der Waals surface area contributed by atoms with Crippen molar-refractivity contribution in [2.24, 2.45) is 17.4 Å². The molecule has 1 atom stereocenters. The predicted molar refractivity (Wildman–Crippen MR) is 121 cm³/mol. The van der Waals surface area contributed by atoms with Gasteiger partial charge in [0.15, 0.2) is 5.82 Å². The summed E-state index contributed by atoms with van der Waals surface area (Å²) in [6.07, 6.45) is -0.318. The summed E-state index contributed by atoms with van der Waals surface area (Å²) < 4.78 is 28.3. The van der Waals surface area contributed by atoms with Crippen LogP contribution in [0.5, 0.6) is 0 Å². The van der Waals surface area contributed by atoms with E-state index in [1.807, 2.05) is 14.1 Å². The first kappa shape index (κ1) is 25.2. The van der Waals surface area contributed by atoms with E-state index in [9.17, 15) is 18.4 Å². The van der Waals surface area contributed by atoms with Crippen LogP contribution in [-0.2, 0) is 9.59 Å². The smallest absolute Gasteiger partial charge is 0.236 e. The highest BCUT2D eigenvalue weighted by Crippen LogP contribution is 2.30. The molecule has 2 aliphatic heterocycles. The third-order valence-electron chi connectivity index (χ3n) is 5.73. The van der Waals surface area contributed by atoms with Crippen molar-refractivity contribution < 1.29 is 18.4 Å². The van der Waals surface area contributed by atoms with E-state index in [0.717, 1.165) is 6.20 Å². The average Bonchev–Trinajstić information content (AvgIpc) is 2.75. The number of pyridine rings is 1. The molecule has 1 aromatic heterocycles. The lowest BCUT2D eigenvalue weighted by molar-refractivity contribution is -0.132. The largest absolute Gasteiger partial charge is 0.364 e. The fourth-order valence-corrected chi connectivity index (χ4v) is 4.06. The lowest BCUT2D eigenvalue weighted by Gasteiger charge is -2.38. The van der Waals surface area contributed by atoms with Gasteiger partial charge in [-0.1, -0.05) is 0 Å². The molecule has 0 spiro atoms. The molecule has 184 valence electrons. The number of nitrogens with one attached hydrogen (secondary N) is 3. The van der Waals surface area contributed by atoms with Crippen LogP contribution < -0.4 is 32.3 Å². The van der Waals surface area contributed by atoms with Gasteiger partial charge in [-0.15, -0.1) is 0 Å². The molecule has 3 rings (SSSR count). The van der Waals surface area contributed by atoms with Crippen LogP contribution in [0.25, 0.3) is 0 Å². The van der Waals surface area contributed by atoms with Gasteiger partial charge >= 0.3 is 0 Å². The number of piperazine rings is 1. The highest BCUT2D eigenvalue weighted by atomic mass is 19.1. The third-order valence-corrected chi connectivity index (χ3v) is 5.73. The van der Waals surface area contributed by atoms with Gasteiger partial charge in [-0.25, -0.2) is 8.78 Å². The molecule has 2 saturated heterocycles. The molecule has 2 fully saturated rings. The fourth-order valence-electron chi connectivity index (χ4n) is 4.06. The third kappa shape index (κ3) is 6.32. The summed E-state index contributed by atoms with van der Waals surface area (Å²) in [6, 6.07) is 0. The van der Waals surface area contributed by atoms with Crippen molar-refractivity contribution in [1.82, 2.24) is 25.4 Å². The molecule has 0 aromatic carbocycles. The van der Waals surface area contributed by atoms with Crippen molar-refractivity contribution in [3.05, 3.63) is 18.2 Å². The van der Waals surface area contributed by atoms with Crippen LogP contribution in [-0.4, -0.2) is 105 Å². The van der Waals surface area contributed by atoms with Gasteiger partial charge in [-0.3, -0.25) is 25.2 Å². The second-order valence-electron chi connectivity index (χ2n) is 8.61. The maximum absolute atomic E-state index is 14.8. The van der Waals surface area contributed by atoms with Crippen LogP contribution >= 0.6 is 0 Å². The zero-order valence-corrected chi connectivity index (χ0v) is 18.9. The highest BCUT2D eigenvalue weighted by Gasteiger charge is 2.35. The molecule has 0 radical (unpaired) electrons. The number of alkyl halides is 1. The Labute approximate surface area is 191 Å². The normalized spacial score (nSPS) is 22.5. The number of amides is 2. The highest BCUT2D eigenvalue weighted by molar-refractivity contribution is 5.96. The van der Waals surface area contributed by atoms with E-state index in [4.69, 9.17) is 11.5 Å². The molecular formula is C20H33F2N9O2. The van der Waals surface area contributed by atoms with Gasteiger partial charge in [0, 0.05) is 39.3 Å². The Hall–Kier alpha value is -2.45. The van der Waals surface area contributed by atoms with Crippen molar-refractivity contribution in [1.29, 1.82) is 0 Å². The number of nitrogens with zero attached hydrogens (tertiary/aromatic N) is 4. The summed E-state index contributed by atoms with van der Waals surface area (Å²) in [5.74, 6) is -2.07. The molecule has 7 N–H and O–H groups in total. The lowest BCUT2D eigenvalue weighted by atomic mass is 9.99. The zero-order chi connectivity index (χ0) is 24.1. The van der Waals surface area contributed by atoms with Gasteiger partial charge in [0.05, 0.1) is 42.9 Å². The fraction of sp³-hybridized carbons (Fsp3) is 0.650. The molecule has 0 saturated carbocycles. The molecule has 2 amide bonds. The zero-order valence-electron chi connectivity index (χ0n) is 18.9. The molecule has 33 heavy (non-hydrogen) atoms. The van der Waals surface area contributed by atoms with E-state index in [2.05, 4.69) is 20.9 Å². The summed E-state index contributed by atoms with van der Waals surface area (Å²) in [4.78, 5) is 34.5. The van der Waals surface area contributed by atoms with Crippen LogP contribution in [0.15, 0.2) is 12.4 Å². The van der Waals surface area contributed by atoms with Crippen molar-refractivity contribution in [2.45, 2.75) is 18.5 Å². The number of carbonyl (C=O) groups excluding carboxylic acids is 2. The monoisotopic (exact) mass is 469 g/mol. The quantitative estimate of drug-likeness (QED) is 0.289. The number of nitrogens with two attached hydrogens (primary N) is 2. The van der Waals surface area contributed by atoms with Crippen molar-refractivity contribution in [3.8, 4) is 0 Å². The van der Waals surface area contributed by atoms with E-state index in [0.29, 0.717) is 32.7 Å². The maximum atomic E-state index is 14.8. The average molecular weight is 470 g/mol. The number of rotatable bonds is 7. The number of halogens is 2. The minimum atomic E-state index is -1.08. The molecule has 11 nitrogen and oxygen atoms in total. The van der Waals surface area contributed by atoms with Crippen LogP contribution in [0.2, 0.25) is 0 Å². The van der Waals surface area contributed by atoms with E-state index in [1.54, 1.807) is 14.7 Å². The Kier molecular flexibility index (Phi) is 8.48. The first-order valence-corrected chi connectivity index (χ1v) is 10.9. The minimum Gasteiger partial charge on any atom is -0.364 e. The Morgan fingerprint density at radius 3 is 2.42 bits per heavy atom. The van der Waals surface area contributed by atoms with Crippen molar-refractivity contribution in [2.75, 3.05) is 70.1 Å². The van der Waals surface area contributed by atoms with Crippen molar-refractivity contribution in [3.63, 3.8) is 0 Å². The van der Waals surface area contributed by atoms with Gasteiger partial charge in [-0.05, 0) is 14.1 Å². The number of hydrogen-bond donors (Lipinski definition) is 5. The second-order valence-corrected chi connectivity index (χ2v) is 8.61. The Balaban J connectivity index is 1.72. The van der Waals surface area contributed by atoms with E-state index >= 15 is 0 Å². The van der Waals surface area contributed by atoms with E-state index in [1.165, 1.54) is 6.20 Å². The molecule has 0 bridgehead atoms. The van der Waals surface area contributed by atoms with Crippen LogP contribution in [0.1, 0.15) is 0 Å². The number of likely N-dealkylation sites (N-methyl/N-ethyl adjacent to an activating group) is 1. The van der Waals surface area contributed by atoms with Crippen LogP contribution in [0.3, 0.4) is 0 Å². The molecule has 0 aliphatic carbocycles. The summed E-state index contributed by atoms with van der Waals surface area (Å²) in [6.45, 7) is 2.09. The summed E-state index contributed by atoms with van der Waals surface area (Å²) >= 11 is 0. The predicted octanol–water partition coefficient (Wildman–Crippen LogP) is -1.91. The Morgan fingerprint density at radius 2 is 1.85 bits per heavy atom. The Bertz CT molecular complexity index is 826. The molecule has 13 heteroatoms. The molecular weight excluding hydrogens is 436 g/mol. The van der Waals surface area contributed by atoms with E-state index < -0.39 is 36.1 Å². The second kappa shape index (κ2) is 11.1. The van der Waals surface area contributed by atoms with E-state index in [-0.39, 0.29) is 30.4 Å². The van der Waals surface area contributed by atoms with Gasteiger partial charge in [-0.2, -0.15) is 0 Å². The summed E-state index contributed by atoms with van der Waals surface area (Å²) in [5.41, 5.74) is 12.1. The number of hydrogen-bond acceptors (Lipinski definition) is 9. The Morgan fingerprint density at radius 1 is 1.21 bits per heavy atom. The SMILES string of the molecule is CN(C)CC(=O)N1CCN(c2c(F)cncc2NC(=O)C(C(N)N)C2NCC(F)CN2)CC1. The standard InChI is InChI=1S/C20H33F2N9O2/c1-29(2)11-15(32)30-3-5-31(6-4-30)17-13(22)9-25-10-14(17)28-20(33)16(18(23)24)19-26-7-12(21)8-27-19/h9-10,12,16,18-19,26-27H,3-8,11,23-24H2,1-2H3,(H,28,33). The molecule has 2 aliphatic rings. The van der Waals surface area contributed by atoms with Gasteiger partial charge in [0.1, 0.15) is 11.9 Å². The molecule has 1 unspecified atom stereocenters. The van der Waals surface area contributed by atoms with Crippen LogP contribution in [0, 0.1) is 11.7 Å². The molecule has 3 heterocycles. The number of aromatic nitrogens is 1. The first-order valence-electron chi connectivity index (χ1n) is 10.9. The first-order chi connectivity index (χ1) is 15.7. The maximum Gasteiger partial charge on any atom is 0.236 e. The summed E-state index contributed by atoms with van der Waals surface area (Å²) in [5, 5.41) is 8.47. The van der Waals surface area contributed by atoms with Gasteiger partial charge in [0.25, 0.3) is 0 Å². The topological polar surface area (TPSA) is 145 Å².